The monoisotopic (exact) mass is 264 g/mol. The van der Waals surface area contributed by atoms with E-state index in [0.29, 0.717) is 19.1 Å². The molecule has 0 saturated carbocycles. The van der Waals surface area contributed by atoms with Crippen molar-refractivity contribution in [3.8, 4) is 0 Å². The zero-order valence-corrected chi connectivity index (χ0v) is 12.7. The highest BCUT2D eigenvalue weighted by Gasteiger charge is 2.21. The van der Waals surface area contributed by atoms with E-state index in [1.807, 2.05) is 32.0 Å². The van der Waals surface area contributed by atoms with Crippen molar-refractivity contribution < 1.29 is 5.11 Å². The number of hydrogen-bond donors (Lipinski definition) is 2. The smallest absolute Gasteiger partial charge is 0.0869 e. The predicted molar refractivity (Wildman–Crippen MR) is 81.4 cm³/mol. The summed E-state index contributed by atoms with van der Waals surface area (Å²) in [5, 5.41) is 13.6. The van der Waals surface area contributed by atoms with Gasteiger partial charge in [-0.1, -0.05) is 30.3 Å². The van der Waals surface area contributed by atoms with Gasteiger partial charge in [-0.15, -0.1) is 0 Å². The summed E-state index contributed by atoms with van der Waals surface area (Å²) in [6.45, 7) is 5.35. The van der Waals surface area contributed by atoms with Crippen LogP contribution in [0.3, 0.4) is 0 Å². The predicted octanol–water partition coefficient (Wildman–Crippen LogP) is 1.91. The molecule has 0 fully saturated rings. The van der Waals surface area contributed by atoms with Crippen LogP contribution in [0.25, 0.3) is 0 Å². The number of benzene rings is 1. The fourth-order valence-electron chi connectivity index (χ4n) is 2.26. The topological polar surface area (TPSA) is 35.5 Å². The van der Waals surface area contributed by atoms with Gasteiger partial charge in [-0.3, -0.25) is 0 Å². The van der Waals surface area contributed by atoms with Crippen LogP contribution in [0, 0.1) is 0 Å². The molecule has 0 bridgehead atoms. The lowest BCUT2D eigenvalue weighted by molar-refractivity contribution is 0.0316. The van der Waals surface area contributed by atoms with Gasteiger partial charge < -0.3 is 15.3 Å². The molecule has 2 unspecified atom stereocenters. The maximum absolute atomic E-state index is 10.2. The number of likely N-dealkylation sites (N-methyl/N-ethyl adjacent to an activating group) is 1. The Hall–Kier alpha value is -0.900. The molecule has 0 aliphatic carbocycles. The molecule has 19 heavy (non-hydrogen) atoms. The Kier molecular flexibility index (Phi) is 6.49. The summed E-state index contributed by atoms with van der Waals surface area (Å²) in [5.74, 6) is 0. The van der Waals surface area contributed by atoms with Crippen LogP contribution in [0.1, 0.15) is 25.8 Å². The lowest BCUT2D eigenvalue weighted by Gasteiger charge is -2.28. The Morgan fingerprint density at radius 2 is 1.89 bits per heavy atom. The molecule has 2 atom stereocenters. The Morgan fingerprint density at radius 1 is 1.26 bits per heavy atom. The van der Waals surface area contributed by atoms with Crippen LogP contribution in [0.2, 0.25) is 0 Å². The van der Waals surface area contributed by atoms with Crippen molar-refractivity contribution >= 4 is 0 Å². The number of aryl methyl sites for hydroxylation is 1. The number of nitrogens with zero attached hydrogens (tertiary/aromatic N) is 1. The summed E-state index contributed by atoms with van der Waals surface area (Å²) < 4.78 is 0. The minimum Gasteiger partial charge on any atom is -0.388 e. The van der Waals surface area contributed by atoms with Gasteiger partial charge in [0.15, 0.2) is 0 Å². The highest BCUT2D eigenvalue weighted by Crippen LogP contribution is 2.07. The molecule has 1 rings (SSSR count). The fourth-order valence-corrected chi connectivity index (χ4v) is 2.26. The quantitative estimate of drug-likeness (QED) is 0.753. The Bertz CT molecular complexity index is 349. The van der Waals surface area contributed by atoms with Gasteiger partial charge in [0.05, 0.1) is 5.60 Å². The Labute approximate surface area is 117 Å². The summed E-state index contributed by atoms with van der Waals surface area (Å²) in [5.41, 5.74) is 0.695. The van der Waals surface area contributed by atoms with E-state index in [1.54, 1.807) is 0 Å². The summed E-state index contributed by atoms with van der Waals surface area (Å²) in [6.07, 6.45) is 2.16. The summed E-state index contributed by atoms with van der Waals surface area (Å²) in [6, 6.07) is 10.9. The average Bonchev–Trinajstić information content (AvgIpc) is 2.34. The van der Waals surface area contributed by atoms with Gasteiger partial charge in [0.2, 0.25) is 0 Å². The zero-order chi connectivity index (χ0) is 14.3. The van der Waals surface area contributed by atoms with Crippen molar-refractivity contribution in [2.45, 2.75) is 38.3 Å². The van der Waals surface area contributed by atoms with E-state index in [4.69, 9.17) is 0 Å². The van der Waals surface area contributed by atoms with Crippen molar-refractivity contribution in [3.05, 3.63) is 35.9 Å². The molecule has 2 N–H and O–H groups in total. The molecular formula is C16H28N2O. The largest absolute Gasteiger partial charge is 0.388 e. The van der Waals surface area contributed by atoms with Crippen molar-refractivity contribution in [2.24, 2.45) is 0 Å². The van der Waals surface area contributed by atoms with Gasteiger partial charge in [-0.05, 0) is 46.3 Å². The molecular weight excluding hydrogens is 236 g/mol. The van der Waals surface area contributed by atoms with E-state index >= 15 is 0 Å². The van der Waals surface area contributed by atoms with E-state index < -0.39 is 5.60 Å². The highest BCUT2D eigenvalue weighted by molar-refractivity contribution is 5.14. The second-order valence-corrected chi connectivity index (χ2v) is 6.04. The molecule has 3 nitrogen and oxygen atoms in total. The minimum atomic E-state index is -0.676. The molecule has 0 amide bonds. The molecule has 0 spiro atoms. The average molecular weight is 264 g/mol. The van der Waals surface area contributed by atoms with Crippen molar-refractivity contribution in [1.82, 2.24) is 10.2 Å². The normalized spacial score (nSPS) is 16.3. The third-order valence-electron chi connectivity index (χ3n) is 3.20. The first-order chi connectivity index (χ1) is 8.89. The van der Waals surface area contributed by atoms with Gasteiger partial charge >= 0.3 is 0 Å². The maximum Gasteiger partial charge on any atom is 0.0869 e. The lowest BCUT2D eigenvalue weighted by atomic mass is 10.0. The van der Waals surface area contributed by atoms with Gasteiger partial charge in [-0.2, -0.15) is 0 Å². The number of aliphatic hydroxyl groups is 1. The van der Waals surface area contributed by atoms with Crippen LogP contribution in [-0.2, 0) is 6.42 Å². The molecule has 1 aromatic rings. The van der Waals surface area contributed by atoms with E-state index in [9.17, 15) is 5.11 Å². The third-order valence-corrected chi connectivity index (χ3v) is 3.20. The highest BCUT2D eigenvalue weighted by atomic mass is 16.3. The van der Waals surface area contributed by atoms with Crippen LogP contribution in [0.4, 0.5) is 0 Å². The van der Waals surface area contributed by atoms with E-state index in [-0.39, 0.29) is 0 Å². The molecule has 0 aliphatic rings. The molecule has 108 valence electrons. The van der Waals surface area contributed by atoms with Crippen LogP contribution >= 0.6 is 0 Å². The summed E-state index contributed by atoms with van der Waals surface area (Å²) in [7, 11) is 3.96. The second kappa shape index (κ2) is 7.63. The minimum absolute atomic E-state index is 0.411. The Balaban J connectivity index is 2.26. The van der Waals surface area contributed by atoms with Gasteiger partial charge in [0, 0.05) is 19.1 Å². The standard InChI is InChI=1S/C16H28N2O/c1-14(10-11-15-8-6-5-7-9-15)17-12-16(2,19)13-18(3)4/h5-9,14,17,19H,10-13H2,1-4H3. The van der Waals surface area contributed by atoms with Gasteiger partial charge in [0.1, 0.15) is 0 Å². The second-order valence-electron chi connectivity index (χ2n) is 6.04. The van der Waals surface area contributed by atoms with Gasteiger partial charge in [0.25, 0.3) is 0 Å². The van der Waals surface area contributed by atoms with Crippen molar-refractivity contribution in [1.29, 1.82) is 0 Å². The fraction of sp³-hybridized carbons (Fsp3) is 0.625. The molecule has 0 aliphatic heterocycles. The molecule has 0 aromatic heterocycles. The summed E-state index contributed by atoms with van der Waals surface area (Å²) in [4.78, 5) is 2.01. The van der Waals surface area contributed by atoms with Crippen molar-refractivity contribution in [3.63, 3.8) is 0 Å². The van der Waals surface area contributed by atoms with Gasteiger partial charge in [-0.25, -0.2) is 0 Å². The van der Waals surface area contributed by atoms with Crippen LogP contribution in [0.5, 0.6) is 0 Å². The summed E-state index contributed by atoms with van der Waals surface area (Å²) >= 11 is 0. The van der Waals surface area contributed by atoms with Crippen LogP contribution < -0.4 is 5.32 Å². The molecule has 0 radical (unpaired) electrons. The molecule has 3 heteroatoms. The van der Waals surface area contributed by atoms with E-state index in [1.165, 1.54) is 5.56 Å². The number of nitrogens with one attached hydrogen (secondary N) is 1. The first kappa shape index (κ1) is 16.2. The third kappa shape index (κ3) is 7.31. The number of hydrogen-bond acceptors (Lipinski definition) is 3. The Morgan fingerprint density at radius 3 is 2.47 bits per heavy atom. The zero-order valence-electron chi connectivity index (χ0n) is 12.7. The molecule has 1 aromatic carbocycles. The first-order valence-corrected chi connectivity index (χ1v) is 7.03. The molecule has 0 heterocycles. The SMILES string of the molecule is CC(CCc1ccccc1)NCC(C)(O)CN(C)C. The van der Waals surface area contributed by atoms with E-state index in [0.717, 1.165) is 12.8 Å². The van der Waals surface area contributed by atoms with Crippen LogP contribution in [-0.4, -0.2) is 48.8 Å². The van der Waals surface area contributed by atoms with Crippen LogP contribution in [0.15, 0.2) is 30.3 Å². The maximum atomic E-state index is 10.2. The molecule has 0 saturated heterocycles. The number of rotatable bonds is 8. The van der Waals surface area contributed by atoms with Crippen molar-refractivity contribution in [2.75, 3.05) is 27.2 Å². The van der Waals surface area contributed by atoms with E-state index in [2.05, 4.69) is 36.5 Å². The lowest BCUT2D eigenvalue weighted by Crippen LogP contribution is -2.47. The first-order valence-electron chi connectivity index (χ1n) is 7.03.